The van der Waals surface area contributed by atoms with Crippen LogP contribution in [0.2, 0.25) is 0 Å². The number of aromatic nitrogens is 1. The van der Waals surface area contributed by atoms with Crippen molar-refractivity contribution < 1.29 is 19.5 Å². The topological polar surface area (TPSA) is 99.6 Å². The number of nitrogens with one attached hydrogen (secondary N) is 1. The SMILES string of the molecule is O=C(O)c1ccc(SCC(=O)N2CCNC2=O)nc1. The molecule has 100 valence electrons. The smallest absolute Gasteiger partial charge is 0.337 e. The molecule has 0 aromatic carbocycles. The summed E-state index contributed by atoms with van der Waals surface area (Å²) >= 11 is 1.16. The summed E-state index contributed by atoms with van der Waals surface area (Å²) in [6, 6.07) is 2.58. The van der Waals surface area contributed by atoms with Gasteiger partial charge in [0.2, 0.25) is 5.91 Å². The highest BCUT2D eigenvalue weighted by Crippen LogP contribution is 2.16. The van der Waals surface area contributed by atoms with E-state index in [0.717, 1.165) is 16.7 Å². The van der Waals surface area contributed by atoms with Crippen molar-refractivity contribution in [1.29, 1.82) is 0 Å². The fourth-order valence-electron chi connectivity index (χ4n) is 1.52. The Morgan fingerprint density at radius 3 is 2.79 bits per heavy atom. The standard InChI is InChI=1S/C11H11N3O4S/c15-9(14-4-3-12-11(14)18)6-19-8-2-1-7(5-13-8)10(16)17/h1-2,5H,3-4,6H2,(H,12,18)(H,16,17). The molecular formula is C11H11N3O4S. The van der Waals surface area contributed by atoms with Crippen LogP contribution < -0.4 is 5.32 Å². The van der Waals surface area contributed by atoms with Gasteiger partial charge in [-0.2, -0.15) is 0 Å². The van der Waals surface area contributed by atoms with Crippen molar-refractivity contribution in [2.45, 2.75) is 5.03 Å². The van der Waals surface area contributed by atoms with Gasteiger partial charge in [0, 0.05) is 19.3 Å². The minimum atomic E-state index is -1.05. The van der Waals surface area contributed by atoms with Crippen LogP contribution in [0.25, 0.3) is 0 Å². The molecule has 1 aliphatic rings. The number of hydrogen-bond donors (Lipinski definition) is 2. The molecule has 2 rings (SSSR count). The quantitative estimate of drug-likeness (QED) is 0.776. The molecule has 2 heterocycles. The molecule has 7 nitrogen and oxygen atoms in total. The van der Waals surface area contributed by atoms with Crippen molar-refractivity contribution in [3.63, 3.8) is 0 Å². The molecule has 3 amide bonds. The molecule has 1 saturated heterocycles. The number of carbonyl (C=O) groups excluding carboxylic acids is 2. The van der Waals surface area contributed by atoms with Crippen LogP contribution in [0.1, 0.15) is 10.4 Å². The van der Waals surface area contributed by atoms with Crippen molar-refractivity contribution in [3.8, 4) is 0 Å². The van der Waals surface area contributed by atoms with E-state index >= 15 is 0 Å². The molecular weight excluding hydrogens is 270 g/mol. The normalized spacial score (nSPS) is 14.3. The lowest BCUT2D eigenvalue weighted by Gasteiger charge is -2.11. The molecule has 1 fully saturated rings. The number of thioether (sulfide) groups is 1. The van der Waals surface area contributed by atoms with E-state index in [-0.39, 0.29) is 23.3 Å². The van der Waals surface area contributed by atoms with Crippen LogP contribution in [-0.2, 0) is 4.79 Å². The molecule has 0 spiro atoms. The van der Waals surface area contributed by atoms with Gasteiger partial charge in [0.05, 0.1) is 16.3 Å². The lowest BCUT2D eigenvalue weighted by molar-refractivity contribution is -0.124. The van der Waals surface area contributed by atoms with E-state index in [2.05, 4.69) is 10.3 Å². The van der Waals surface area contributed by atoms with Crippen molar-refractivity contribution >= 4 is 29.7 Å². The number of imide groups is 1. The van der Waals surface area contributed by atoms with Gasteiger partial charge in [0.1, 0.15) is 0 Å². The lowest BCUT2D eigenvalue weighted by atomic mass is 10.3. The molecule has 8 heteroatoms. The van der Waals surface area contributed by atoms with Gasteiger partial charge >= 0.3 is 12.0 Å². The summed E-state index contributed by atoms with van der Waals surface area (Å²) in [7, 11) is 0. The second kappa shape index (κ2) is 5.70. The molecule has 0 atom stereocenters. The Kier molecular flexibility index (Phi) is 4.00. The van der Waals surface area contributed by atoms with E-state index in [1.165, 1.54) is 18.3 Å². The molecule has 0 unspecified atom stereocenters. The second-order valence-corrected chi connectivity index (χ2v) is 4.75. The Morgan fingerprint density at radius 2 is 2.26 bits per heavy atom. The number of nitrogens with zero attached hydrogens (tertiary/aromatic N) is 2. The zero-order valence-corrected chi connectivity index (χ0v) is 10.6. The Balaban J connectivity index is 1.89. The summed E-state index contributed by atoms with van der Waals surface area (Å²) < 4.78 is 0. The number of hydrogen-bond acceptors (Lipinski definition) is 5. The number of urea groups is 1. The Morgan fingerprint density at radius 1 is 1.47 bits per heavy atom. The predicted molar refractivity (Wildman–Crippen MR) is 67.0 cm³/mol. The average Bonchev–Trinajstić information content (AvgIpc) is 2.83. The summed E-state index contributed by atoms with van der Waals surface area (Å²) in [6.45, 7) is 0.852. The predicted octanol–water partition coefficient (Wildman–Crippen LogP) is 0.424. The second-order valence-electron chi connectivity index (χ2n) is 3.76. The van der Waals surface area contributed by atoms with Gasteiger partial charge in [-0.3, -0.25) is 9.69 Å². The summed E-state index contributed by atoms with van der Waals surface area (Å²) in [5.41, 5.74) is 0.0922. The monoisotopic (exact) mass is 281 g/mol. The number of carbonyl (C=O) groups is 3. The third-order valence-electron chi connectivity index (χ3n) is 2.48. The van der Waals surface area contributed by atoms with Crippen LogP contribution >= 0.6 is 11.8 Å². The summed E-state index contributed by atoms with van der Waals surface area (Å²) in [6.07, 6.45) is 1.23. The molecule has 0 saturated carbocycles. The van der Waals surface area contributed by atoms with E-state index in [0.29, 0.717) is 18.1 Å². The first-order valence-corrected chi connectivity index (χ1v) is 6.47. The molecule has 19 heavy (non-hydrogen) atoms. The molecule has 0 aliphatic carbocycles. The van der Waals surface area contributed by atoms with Gasteiger partial charge in [-0.1, -0.05) is 11.8 Å². The van der Waals surface area contributed by atoms with Crippen LogP contribution in [-0.4, -0.2) is 51.7 Å². The number of aromatic carboxylic acids is 1. The van der Waals surface area contributed by atoms with E-state index in [1.54, 1.807) is 0 Å². The Bertz CT molecular complexity index is 517. The number of pyridine rings is 1. The van der Waals surface area contributed by atoms with Gasteiger partial charge in [-0.15, -0.1) is 0 Å². The van der Waals surface area contributed by atoms with Crippen molar-refractivity contribution in [1.82, 2.24) is 15.2 Å². The number of rotatable bonds is 4. The third kappa shape index (κ3) is 3.22. The van der Waals surface area contributed by atoms with E-state index in [4.69, 9.17) is 5.11 Å². The minimum Gasteiger partial charge on any atom is -0.478 e. The first-order chi connectivity index (χ1) is 9.08. The van der Waals surface area contributed by atoms with Gasteiger partial charge in [0.15, 0.2) is 0 Å². The summed E-state index contributed by atoms with van der Waals surface area (Å²) in [4.78, 5) is 38.7. The first-order valence-electron chi connectivity index (χ1n) is 5.48. The van der Waals surface area contributed by atoms with E-state index < -0.39 is 5.97 Å². The maximum absolute atomic E-state index is 11.7. The summed E-state index contributed by atoms with van der Waals surface area (Å²) in [5, 5.41) is 11.8. The third-order valence-corrected chi connectivity index (χ3v) is 3.41. The van der Waals surface area contributed by atoms with Crippen molar-refractivity contribution in [3.05, 3.63) is 23.9 Å². The maximum atomic E-state index is 11.7. The average molecular weight is 281 g/mol. The van der Waals surface area contributed by atoms with Gasteiger partial charge in [-0.25, -0.2) is 14.6 Å². The van der Waals surface area contributed by atoms with Gasteiger partial charge < -0.3 is 10.4 Å². The Hall–Kier alpha value is -2.09. The minimum absolute atomic E-state index is 0.0901. The van der Waals surface area contributed by atoms with Gasteiger partial charge in [-0.05, 0) is 12.1 Å². The van der Waals surface area contributed by atoms with Gasteiger partial charge in [0.25, 0.3) is 0 Å². The number of carboxylic acids is 1. The van der Waals surface area contributed by atoms with E-state index in [1.807, 2.05) is 0 Å². The molecule has 1 aliphatic heterocycles. The maximum Gasteiger partial charge on any atom is 0.337 e. The van der Waals surface area contributed by atoms with Crippen molar-refractivity contribution in [2.24, 2.45) is 0 Å². The highest BCUT2D eigenvalue weighted by atomic mass is 32.2. The van der Waals surface area contributed by atoms with Crippen LogP contribution in [0.5, 0.6) is 0 Å². The highest BCUT2D eigenvalue weighted by molar-refractivity contribution is 7.99. The first kappa shape index (κ1) is 13.3. The molecule has 0 bridgehead atoms. The zero-order chi connectivity index (χ0) is 13.8. The fourth-order valence-corrected chi connectivity index (χ4v) is 2.23. The number of carboxylic acid groups (broad SMARTS) is 1. The Labute approximate surface area is 113 Å². The number of amides is 3. The van der Waals surface area contributed by atoms with Crippen LogP contribution in [0.15, 0.2) is 23.4 Å². The molecule has 1 aromatic heterocycles. The van der Waals surface area contributed by atoms with Crippen LogP contribution in [0, 0.1) is 0 Å². The van der Waals surface area contributed by atoms with Crippen LogP contribution in [0.4, 0.5) is 4.79 Å². The molecule has 2 N–H and O–H groups in total. The van der Waals surface area contributed by atoms with Crippen molar-refractivity contribution in [2.75, 3.05) is 18.8 Å². The lowest BCUT2D eigenvalue weighted by Crippen LogP contribution is -2.35. The van der Waals surface area contributed by atoms with Crippen LogP contribution in [0.3, 0.4) is 0 Å². The fraction of sp³-hybridized carbons (Fsp3) is 0.273. The highest BCUT2D eigenvalue weighted by Gasteiger charge is 2.25. The molecule has 1 aromatic rings. The largest absolute Gasteiger partial charge is 0.478 e. The zero-order valence-electron chi connectivity index (χ0n) is 9.83. The van der Waals surface area contributed by atoms with E-state index in [9.17, 15) is 14.4 Å². The molecule has 0 radical (unpaired) electrons. The summed E-state index contributed by atoms with van der Waals surface area (Å²) in [5.74, 6) is -1.25.